The van der Waals surface area contributed by atoms with E-state index in [1.807, 2.05) is 6.07 Å². The summed E-state index contributed by atoms with van der Waals surface area (Å²) in [5.41, 5.74) is 7.83. The molecule has 0 heterocycles. The Morgan fingerprint density at radius 2 is 1.50 bits per heavy atom. The summed E-state index contributed by atoms with van der Waals surface area (Å²) in [5, 5.41) is 6.51. The monoisotopic (exact) mass is 458 g/mol. The first-order valence-corrected chi connectivity index (χ1v) is 11.5. The van der Waals surface area contributed by atoms with Gasteiger partial charge in [0, 0.05) is 34.3 Å². The number of halogens is 2. The number of aryl methyl sites for hydroxylation is 2. The highest BCUT2D eigenvalue weighted by atomic mass is 19.1. The molecular weight excluding hydrogens is 426 g/mol. The Kier molecular flexibility index (Phi) is 6.11. The molecule has 1 aliphatic carbocycles. The Morgan fingerprint density at radius 3 is 2.15 bits per heavy atom. The normalized spacial score (nSPS) is 18.3. The second-order valence-corrected chi connectivity index (χ2v) is 10.0. The molecule has 0 spiro atoms. The predicted molar refractivity (Wildman–Crippen MR) is 139 cm³/mol. The fourth-order valence-electron chi connectivity index (χ4n) is 4.97. The molecule has 2 nitrogen and oxygen atoms in total. The standard InChI is InChI=1S/C30H32F2N2/c1-17-8-9-22(14-18(17)2)29-28(30(29,6)7)21(5)34-25-15-26(19(3)27(32)16-25)20(4)33-24-12-10-23(31)11-13-24/h8-16,28-29,33-34H,4-5H2,1-3,6-7H3. The zero-order valence-corrected chi connectivity index (χ0v) is 20.5. The molecule has 2 atom stereocenters. The van der Waals surface area contributed by atoms with Gasteiger partial charge in [-0.05, 0) is 90.8 Å². The summed E-state index contributed by atoms with van der Waals surface area (Å²) < 4.78 is 28.1. The molecular formula is C30H32F2N2. The van der Waals surface area contributed by atoms with Gasteiger partial charge in [-0.2, -0.15) is 0 Å². The van der Waals surface area contributed by atoms with Crippen LogP contribution in [-0.4, -0.2) is 0 Å². The summed E-state index contributed by atoms with van der Waals surface area (Å²) >= 11 is 0. The van der Waals surface area contributed by atoms with Crippen molar-refractivity contribution in [3.63, 3.8) is 0 Å². The molecule has 0 aliphatic heterocycles. The fourth-order valence-corrected chi connectivity index (χ4v) is 4.97. The van der Waals surface area contributed by atoms with Crippen molar-refractivity contribution in [3.8, 4) is 0 Å². The molecule has 0 saturated heterocycles. The molecule has 4 heteroatoms. The van der Waals surface area contributed by atoms with E-state index < -0.39 is 0 Å². The van der Waals surface area contributed by atoms with Crippen molar-refractivity contribution >= 4 is 17.1 Å². The van der Waals surface area contributed by atoms with Gasteiger partial charge >= 0.3 is 0 Å². The summed E-state index contributed by atoms with van der Waals surface area (Å²) in [6.45, 7) is 18.9. The second-order valence-electron chi connectivity index (χ2n) is 10.0. The van der Waals surface area contributed by atoms with Gasteiger partial charge in [0.2, 0.25) is 0 Å². The lowest BCUT2D eigenvalue weighted by Gasteiger charge is -2.17. The third-order valence-corrected chi connectivity index (χ3v) is 7.21. The molecule has 3 aromatic rings. The van der Waals surface area contributed by atoms with E-state index in [0.29, 0.717) is 34.1 Å². The first-order chi connectivity index (χ1) is 16.0. The third-order valence-electron chi connectivity index (χ3n) is 7.21. The number of hydrogen-bond acceptors (Lipinski definition) is 2. The van der Waals surface area contributed by atoms with Crippen molar-refractivity contribution in [2.24, 2.45) is 11.3 Å². The predicted octanol–water partition coefficient (Wildman–Crippen LogP) is 8.34. The molecule has 2 N–H and O–H groups in total. The van der Waals surface area contributed by atoms with Gasteiger partial charge in [0.25, 0.3) is 0 Å². The largest absolute Gasteiger partial charge is 0.359 e. The van der Waals surface area contributed by atoms with Gasteiger partial charge in [0.05, 0.1) is 0 Å². The van der Waals surface area contributed by atoms with Gasteiger partial charge in [0.1, 0.15) is 11.6 Å². The van der Waals surface area contributed by atoms with Gasteiger partial charge < -0.3 is 10.6 Å². The van der Waals surface area contributed by atoms with Crippen LogP contribution in [0.1, 0.15) is 47.6 Å². The van der Waals surface area contributed by atoms with Crippen LogP contribution in [0.25, 0.3) is 5.70 Å². The van der Waals surface area contributed by atoms with Crippen LogP contribution in [0.4, 0.5) is 20.2 Å². The van der Waals surface area contributed by atoms with E-state index in [2.05, 4.69) is 69.7 Å². The maximum atomic E-state index is 14.8. The maximum absolute atomic E-state index is 14.8. The topological polar surface area (TPSA) is 24.1 Å². The van der Waals surface area contributed by atoms with E-state index in [9.17, 15) is 8.78 Å². The lowest BCUT2D eigenvalue weighted by atomic mass is 9.99. The van der Waals surface area contributed by atoms with Crippen LogP contribution in [0.2, 0.25) is 0 Å². The molecule has 3 aromatic carbocycles. The Balaban J connectivity index is 1.54. The summed E-state index contributed by atoms with van der Waals surface area (Å²) in [6, 6.07) is 16.0. The highest BCUT2D eigenvalue weighted by molar-refractivity contribution is 5.79. The molecule has 1 aliphatic rings. The number of rotatable bonds is 7. The van der Waals surface area contributed by atoms with E-state index in [0.717, 1.165) is 5.70 Å². The minimum Gasteiger partial charge on any atom is -0.359 e. The lowest BCUT2D eigenvalue weighted by Crippen LogP contribution is -2.07. The van der Waals surface area contributed by atoms with Gasteiger partial charge in [-0.1, -0.05) is 45.2 Å². The highest BCUT2D eigenvalue weighted by Gasteiger charge is 2.59. The van der Waals surface area contributed by atoms with Crippen molar-refractivity contribution in [1.29, 1.82) is 0 Å². The maximum Gasteiger partial charge on any atom is 0.128 e. The SMILES string of the molecule is C=C(Nc1ccc(F)cc1)c1cc(NC(=C)C2C(c3ccc(C)c(C)c3)C2(C)C)cc(F)c1C. The van der Waals surface area contributed by atoms with Crippen LogP contribution in [0.5, 0.6) is 0 Å². The van der Waals surface area contributed by atoms with Crippen LogP contribution < -0.4 is 10.6 Å². The Bertz CT molecular complexity index is 1270. The van der Waals surface area contributed by atoms with Crippen LogP contribution in [0, 0.1) is 43.7 Å². The average molecular weight is 459 g/mol. The Labute approximate surface area is 201 Å². The van der Waals surface area contributed by atoms with E-state index in [1.165, 1.54) is 34.9 Å². The first-order valence-electron chi connectivity index (χ1n) is 11.5. The van der Waals surface area contributed by atoms with Crippen molar-refractivity contribution in [1.82, 2.24) is 0 Å². The molecule has 176 valence electrons. The summed E-state index contributed by atoms with van der Waals surface area (Å²) in [7, 11) is 0. The fraction of sp³-hybridized carbons (Fsp3) is 0.267. The van der Waals surface area contributed by atoms with Crippen molar-refractivity contribution in [2.45, 2.75) is 40.5 Å². The summed E-state index contributed by atoms with van der Waals surface area (Å²) in [6.07, 6.45) is 0. The number of allylic oxidation sites excluding steroid dienone is 1. The molecule has 0 amide bonds. The quantitative estimate of drug-likeness (QED) is 0.372. The van der Waals surface area contributed by atoms with Crippen LogP contribution in [0.15, 0.2) is 73.5 Å². The minimum atomic E-state index is -0.323. The lowest BCUT2D eigenvalue weighted by molar-refractivity contribution is 0.585. The third kappa shape index (κ3) is 4.50. The van der Waals surface area contributed by atoms with Gasteiger partial charge in [0.15, 0.2) is 0 Å². The summed E-state index contributed by atoms with van der Waals surface area (Å²) in [4.78, 5) is 0. The van der Waals surface area contributed by atoms with E-state index >= 15 is 0 Å². The second kappa shape index (κ2) is 8.75. The molecule has 1 saturated carbocycles. The van der Waals surface area contributed by atoms with Gasteiger partial charge in [-0.15, -0.1) is 0 Å². The molecule has 1 fully saturated rings. The molecule has 34 heavy (non-hydrogen) atoms. The van der Waals surface area contributed by atoms with Crippen LogP contribution in [0.3, 0.4) is 0 Å². The minimum absolute atomic E-state index is 0.0611. The van der Waals surface area contributed by atoms with E-state index in [4.69, 9.17) is 0 Å². The van der Waals surface area contributed by atoms with E-state index in [-0.39, 0.29) is 23.0 Å². The molecule has 4 rings (SSSR count). The van der Waals surface area contributed by atoms with Crippen LogP contribution in [-0.2, 0) is 0 Å². The highest BCUT2D eigenvalue weighted by Crippen LogP contribution is 2.67. The van der Waals surface area contributed by atoms with Crippen molar-refractivity contribution in [2.75, 3.05) is 10.6 Å². The average Bonchev–Trinajstić information content (AvgIpc) is 3.36. The zero-order valence-electron chi connectivity index (χ0n) is 20.5. The number of benzene rings is 3. The van der Waals surface area contributed by atoms with Gasteiger partial charge in [-0.3, -0.25) is 0 Å². The summed E-state index contributed by atoms with van der Waals surface area (Å²) in [5.74, 6) is -0.0412. The number of nitrogens with one attached hydrogen (secondary N) is 2. The van der Waals surface area contributed by atoms with Crippen molar-refractivity contribution in [3.05, 3.63) is 113 Å². The molecule has 0 aromatic heterocycles. The molecule has 2 unspecified atom stereocenters. The van der Waals surface area contributed by atoms with Crippen molar-refractivity contribution < 1.29 is 8.78 Å². The Hall–Kier alpha value is -3.40. The molecule has 0 radical (unpaired) electrons. The van der Waals surface area contributed by atoms with Crippen LogP contribution >= 0.6 is 0 Å². The first kappa shape index (κ1) is 23.7. The molecule has 0 bridgehead atoms. The number of anilines is 2. The zero-order chi connectivity index (χ0) is 24.8. The van der Waals surface area contributed by atoms with Gasteiger partial charge in [-0.25, -0.2) is 8.78 Å². The number of hydrogen-bond donors (Lipinski definition) is 2. The smallest absolute Gasteiger partial charge is 0.128 e. The Morgan fingerprint density at radius 1 is 0.824 bits per heavy atom. The van der Waals surface area contributed by atoms with E-state index in [1.54, 1.807) is 19.1 Å².